The maximum atomic E-state index is 14.3. The smallest absolute Gasteiger partial charge is 0.306 e. The van der Waals surface area contributed by atoms with Gasteiger partial charge in [-0.05, 0) is 52.9 Å². The van der Waals surface area contributed by atoms with Crippen LogP contribution in [0.3, 0.4) is 0 Å². The Hall–Kier alpha value is -2.39. The molecule has 92 heavy (non-hydrogen) atoms. The van der Waals surface area contributed by atoms with Gasteiger partial charge in [-0.25, -0.2) is 0 Å². The number of esters is 3. The number of unbranched alkanes of at least 4 members (excludes halogenated alkanes) is 14. The second kappa shape index (κ2) is 41.1. The molecule has 0 saturated carbocycles. The SMILES string of the molecule is CCCCCCCCCC(=O)OC1C(C)OC(OC2C(C)OC(OC3C(C)OC4OC5C(OC(CCCCC)CCCCCCCCCC(=O)OC4C3O)OC(CO)C(O)C5O)C(OC(=O)CCCCCCCCC)C2OC2OC(CO)C(O)C(O)C2O)C(O)C1O. The highest BCUT2D eigenvalue weighted by molar-refractivity contribution is 5.70. The largest absolute Gasteiger partial charge is 0.457 e. The molecule has 0 radical (unpaired) electrons. The van der Waals surface area contributed by atoms with Crippen molar-refractivity contribution in [3.8, 4) is 0 Å². The van der Waals surface area contributed by atoms with E-state index in [2.05, 4.69) is 20.8 Å². The predicted octanol–water partition coefficient (Wildman–Crippen LogP) is 4.59. The van der Waals surface area contributed by atoms with Crippen molar-refractivity contribution < 1.29 is 127 Å². The Bertz CT molecular complexity index is 2060. The van der Waals surface area contributed by atoms with E-state index in [9.17, 15) is 65.4 Å². The van der Waals surface area contributed by atoms with E-state index in [4.69, 9.17) is 61.6 Å². The maximum absolute atomic E-state index is 14.3. The molecule has 10 N–H and O–H groups in total. The Balaban J connectivity index is 1.33. The molecule has 0 bridgehead atoms. The number of aliphatic hydroxyl groups excluding tert-OH is 10. The van der Waals surface area contributed by atoms with Gasteiger partial charge in [0, 0.05) is 19.3 Å². The van der Waals surface area contributed by atoms with Crippen LogP contribution in [0.4, 0.5) is 0 Å². The van der Waals surface area contributed by atoms with E-state index in [0.29, 0.717) is 38.5 Å². The first-order valence-electron chi connectivity index (χ1n) is 35.1. The number of hydrogen-bond donors (Lipinski definition) is 10. The average molecular weight is 1330 g/mol. The van der Waals surface area contributed by atoms with Crippen LogP contribution in [0.1, 0.15) is 228 Å². The van der Waals surface area contributed by atoms with Crippen molar-refractivity contribution in [2.24, 2.45) is 0 Å². The number of rotatable bonds is 30. The predicted molar refractivity (Wildman–Crippen MR) is 327 cm³/mol. The third kappa shape index (κ3) is 23.1. The minimum absolute atomic E-state index is 0.0625. The van der Waals surface area contributed by atoms with Crippen LogP contribution in [-0.4, -0.2) is 242 Å². The number of aliphatic hydroxyl groups is 10. The van der Waals surface area contributed by atoms with Gasteiger partial charge in [0.25, 0.3) is 0 Å². The highest BCUT2D eigenvalue weighted by Gasteiger charge is 2.59. The highest BCUT2D eigenvalue weighted by Crippen LogP contribution is 2.40. The van der Waals surface area contributed by atoms with Gasteiger partial charge in [0.1, 0.15) is 85.5 Å². The fourth-order valence-electron chi connectivity index (χ4n) is 13.1. The first-order valence-corrected chi connectivity index (χ1v) is 35.1. The molecule has 26 heteroatoms. The van der Waals surface area contributed by atoms with E-state index in [0.717, 1.165) is 128 Å². The van der Waals surface area contributed by atoms with E-state index in [-0.39, 0.29) is 25.4 Å². The molecule has 26 unspecified atom stereocenters. The standard InChI is InChI=1S/C66H116O26/c1-7-10-13-15-18-23-28-33-44(69)86-55-38(4)80-62(53(78)51(55)76)90-57-40(6)82-66(61(88-46(71)35-30-24-19-16-14-11-8-2)60(57)92-63-52(77)49(74)47(72)42(36-67)84-63)89-56-39(5)81-64-59(54(56)79)87-45(70)34-29-25-21-17-20-22-27-32-41(31-26-12-9-3)83-65-58(91-64)50(75)48(73)43(37-68)85-65/h38-43,47-68,72-79H,7-37H2,1-6H3. The number of hydrogen-bond acceptors (Lipinski definition) is 26. The summed E-state index contributed by atoms with van der Waals surface area (Å²) in [5.74, 6) is -2.13. The molecule has 0 spiro atoms. The summed E-state index contributed by atoms with van der Waals surface area (Å²) in [6.07, 6.45) is -19.1. The zero-order chi connectivity index (χ0) is 66.9. The molecule has 0 aliphatic carbocycles. The van der Waals surface area contributed by atoms with E-state index in [1.54, 1.807) is 0 Å². The molecule has 0 aromatic heterocycles. The molecule has 0 aromatic rings. The molecule has 6 heterocycles. The van der Waals surface area contributed by atoms with Crippen LogP contribution in [0.15, 0.2) is 0 Å². The monoisotopic (exact) mass is 1320 g/mol. The third-order valence-corrected chi connectivity index (χ3v) is 18.7. The van der Waals surface area contributed by atoms with Crippen molar-refractivity contribution >= 4 is 17.9 Å². The van der Waals surface area contributed by atoms with Gasteiger partial charge in [0.05, 0.1) is 37.6 Å². The van der Waals surface area contributed by atoms with Crippen molar-refractivity contribution in [1.29, 1.82) is 0 Å². The highest BCUT2D eigenvalue weighted by atomic mass is 16.8. The summed E-state index contributed by atoms with van der Waals surface area (Å²) in [6, 6.07) is 0. The quantitative estimate of drug-likeness (QED) is 0.0267. The van der Waals surface area contributed by atoms with Crippen molar-refractivity contribution in [3.05, 3.63) is 0 Å². The summed E-state index contributed by atoms with van der Waals surface area (Å²) in [6.45, 7) is 9.31. The molecule has 6 saturated heterocycles. The molecule has 6 rings (SSSR count). The molecule has 26 nitrogen and oxygen atoms in total. The van der Waals surface area contributed by atoms with Gasteiger partial charge in [-0.1, -0.05) is 156 Å². The lowest BCUT2D eigenvalue weighted by Gasteiger charge is -2.51. The van der Waals surface area contributed by atoms with Crippen molar-refractivity contribution in [1.82, 2.24) is 0 Å². The fourth-order valence-corrected chi connectivity index (χ4v) is 13.1. The summed E-state index contributed by atoms with van der Waals surface area (Å²) < 4.78 is 82.1. The van der Waals surface area contributed by atoms with E-state index in [1.807, 2.05) is 0 Å². The summed E-state index contributed by atoms with van der Waals surface area (Å²) in [5.41, 5.74) is 0. The van der Waals surface area contributed by atoms with Crippen molar-refractivity contribution in [2.45, 2.75) is 387 Å². The van der Waals surface area contributed by atoms with Gasteiger partial charge in [0.2, 0.25) is 0 Å². The van der Waals surface area contributed by atoms with Crippen LogP contribution in [-0.2, 0) is 76.0 Å². The molecule has 6 fully saturated rings. The van der Waals surface area contributed by atoms with Crippen LogP contribution >= 0.6 is 0 Å². The minimum Gasteiger partial charge on any atom is -0.457 e. The van der Waals surface area contributed by atoms with Gasteiger partial charge in [-0.15, -0.1) is 0 Å². The Morgan fingerprint density at radius 1 is 0.413 bits per heavy atom. The molecular weight excluding hydrogens is 1210 g/mol. The molecule has 536 valence electrons. The van der Waals surface area contributed by atoms with Gasteiger partial charge >= 0.3 is 17.9 Å². The van der Waals surface area contributed by atoms with Crippen molar-refractivity contribution in [2.75, 3.05) is 13.2 Å². The summed E-state index contributed by atoms with van der Waals surface area (Å²) >= 11 is 0. The lowest BCUT2D eigenvalue weighted by molar-refractivity contribution is -0.400. The number of ether oxygens (including phenoxy) is 13. The Labute approximate surface area is 543 Å². The van der Waals surface area contributed by atoms with Gasteiger partial charge in [-0.3, -0.25) is 14.4 Å². The molecule has 0 amide bonds. The molecule has 6 aliphatic heterocycles. The Morgan fingerprint density at radius 3 is 1.50 bits per heavy atom. The zero-order valence-electron chi connectivity index (χ0n) is 55.4. The first kappa shape index (κ1) is 78.6. The minimum atomic E-state index is -2.02. The van der Waals surface area contributed by atoms with Gasteiger partial charge < -0.3 is 113 Å². The van der Waals surface area contributed by atoms with Gasteiger partial charge in [0.15, 0.2) is 49.8 Å². The topological polar surface area (TPSA) is 374 Å². The number of carbonyl (C=O) groups is 3. The second-order valence-electron chi connectivity index (χ2n) is 26.3. The summed E-state index contributed by atoms with van der Waals surface area (Å²) in [7, 11) is 0. The van der Waals surface area contributed by atoms with Crippen LogP contribution in [0, 0.1) is 0 Å². The number of carbonyl (C=O) groups excluding carboxylic acids is 3. The van der Waals surface area contributed by atoms with E-state index in [1.165, 1.54) is 20.8 Å². The second-order valence-corrected chi connectivity index (χ2v) is 26.3. The molecule has 26 atom stereocenters. The maximum Gasteiger partial charge on any atom is 0.306 e. The van der Waals surface area contributed by atoms with E-state index >= 15 is 0 Å². The summed E-state index contributed by atoms with van der Waals surface area (Å²) in [5, 5.41) is 113. The van der Waals surface area contributed by atoms with Crippen LogP contribution in [0.5, 0.6) is 0 Å². The molecule has 6 aliphatic rings. The Kier molecular flexibility index (Phi) is 35.1. The van der Waals surface area contributed by atoms with Gasteiger partial charge in [-0.2, -0.15) is 0 Å². The average Bonchev–Trinajstić information content (AvgIpc) is 0.829. The molecular formula is C66H116O26. The van der Waals surface area contributed by atoms with Crippen LogP contribution in [0.25, 0.3) is 0 Å². The third-order valence-electron chi connectivity index (χ3n) is 18.7. The van der Waals surface area contributed by atoms with Crippen LogP contribution < -0.4 is 0 Å². The first-order chi connectivity index (χ1) is 44.3. The Morgan fingerprint density at radius 2 is 0.880 bits per heavy atom. The van der Waals surface area contributed by atoms with E-state index < -0.39 is 185 Å². The number of fused-ring (bicyclic) bond motifs is 2. The van der Waals surface area contributed by atoms with Crippen molar-refractivity contribution in [3.63, 3.8) is 0 Å². The lowest BCUT2D eigenvalue weighted by Crippen LogP contribution is -2.68. The van der Waals surface area contributed by atoms with Crippen LogP contribution in [0.2, 0.25) is 0 Å². The summed E-state index contributed by atoms with van der Waals surface area (Å²) in [4.78, 5) is 41.4. The zero-order valence-corrected chi connectivity index (χ0v) is 55.4. The fraction of sp³-hybridized carbons (Fsp3) is 0.955. The normalized spacial score (nSPS) is 39.7. The molecule has 0 aromatic carbocycles. The lowest BCUT2D eigenvalue weighted by atomic mass is 9.95.